The SMILES string of the molecule is Cc1c(C)c(C)c2c(c1C)Cc1c(C)c(C)c(C)c(C)c1N2c1ccc(-c2nc(-c3ccccc3)nc(-c3ccccc3)n2)cc1-c1cc(C(F)(F)F)ccc1N1c2c(C)c(C)c(C)c(C)c2Cc2c(C)c(C)c(C)c(C)c21. The van der Waals surface area contributed by atoms with Crippen molar-refractivity contribution in [2.45, 2.75) is 130 Å². The molecule has 9 aromatic rings. The van der Waals surface area contributed by atoms with E-state index in [0.29, 0.717) is 46.3 Å². The van der Waals surface area contributed by atoms with Crippen molar-refractivity contribution in [3.63, 3.8) is 0 Å². The number of anilines is 6. The second-order valence-electron chi connectivity index (χ2n) is 22.3. The van der Waals surface area contributed by atoms with Crippen molar-refractivity contribution >= 4 is 34.1 Å². The van der Waals surface area contributed by atoms with Gasteiger partial charge in [-0.05, 0) is 258 Å². The molecule has 2 aliphatic heterocycles. The van der Waals surface area contributed by atoms with Gasteiger partial charge in [-0.25, -0.2) is 15.0 Å². The summed E-state index contributed by atoms with van der Waals surface area (Å²) in [4.78, 5) is 20.2. The molecule has 0 fully saturated rings. The van der Waals surface area contributed by atoms with Crippen LogP contribution in [0.2, 0.25) is 0 Å². The minimum atomic E-state index is -4.67. The highest BCUT2D eigenvalue weighted by molar-refractivity contribution is 6.02. The van der Waals surface area contributed by atoms with Crippen LogP contribution < -0.4 is 9.80 Å². The van der Waals surface area contributed by atoms with Crippen LogP contribution in [0, 0.1) is 111 Å². The molecular weight excluding hydrogens is 968 g/mol. The number of benzene rings is 8. The highest BCUT2D eigenvalue weighted by atomic mass is 19.4. The third-order valence-corrected chi connectivity index (χ3v) is 18.8. The third kappa shape index (κ3) is 7.99. The van der Waals surface area contributed by atoms with Crippen molar-refractivity contribution in [1.29, 1.82) is 0 Å². The summed E-state index contributed by atoms with van der Waals surface area (Å²) in [5.74, 6) is 1.39. The van der Waals surface area contributed by atoms with Gasteiger partial charge in [0.1, 0.15) is 0 Å². The van der Waals surface area contributed by atoms with E-state index in [2.05, 4.69) is 139 Å². The van der Waals surface area contributed by atoms with Gasteiger partial charge in [0.25, 0.3) is 0 Å². The Morgan fingerprint density at radius 3 is 0.949 bits per heavy atom. The third-order valence-electron chi connectivity index (χ3n) is 18.8. The van der Waals surface area contributed by atoms with Crippen LogP contribution >= 0.6 is 0 Å². The molecule has 2 aliphatic rings. The second kappa shape index (κ2) is 19.0. The summed E-state index contributed by atoms with van der Waals surface area (Å²) in [6.07, 6.45) is -3.22. The fourth-order valence-corrected chi connectivity index (χ4v) is 12.8. The quantitative estimate of drug-likeness (QED) is 0.166. The van der Waals surface area contributed by atoms with E-state index in [1.807, 2.05) is 60.7 Å². The summed E-state index contributed by atoms with van der Waals surface area (Å²) in [7, 11) is 0. The monoisotopic (exact) mass is 1040 g/mol. The van der Waals surface area contributed by atoms with Crippen molar-refractivity contribution in [2.75, 3.05) is 9.80 Å². The van der Waals surface area contributed by atoms with Crippen LogP contribution in [0.15, 0.2) is 97.1 Å². The molecule has 5 nitrogen and oxygen atoms in total. The van der Waals surface area contributed by atoms with Gasteiger partial charge < -0.3 is 9.80 Å². The van der Waals surface area contributed by atoms with E-state index in [1.165, 1.54) is 101 Å². The summed E-state index contributed by atoms with van der Waals surface area (Å²) in [6, 6.07) is 30.3. The maximum atomic E-state index is 15.9. The summed E-state index contributed by atoms with van der Waals surface area (Å²) < 4.78 is 47.6. The number of aromatic nitrogens is 3. The van der Waals surface area contributed by atoms with Gasteiger partial charge in [0, 0.05) is 40.7 Å². The summed E-state index contributed by atoms with van der Waals surface area (Å²) >= 11 is 0. The van der Waals surface area contributed by atoms with Gasteiger partial charge in [-0.3, -0.25) is 0 Å². The van der Waals surface area contributed by atoms with Crippen molar-refractivity contribution < 1.29 is 13.2 Å². The molecule has 0 atom stereocenters. The number of nitrogens with zero attached hydrogens (tertiary/aromatic N) is 5. The van der Waals surface area contributed by atoms with E-state index in [1.54, 1.807) is 6.07 Å². The first kappa shape index (κ1) is 52.2. The average molecular weight is 1040 g/mol. The lowest BCUT2D eigenvalue weighted by Crippen LogP contribution is -2.26. The highest BCUT2D eigenvalue weighted by Crippen LogP contribution is 2.58. The van der Waals surface area contributed by atoms with Gasteiger partial charge in [0.2, 0.25) is 0 Å². The van der Waals surface area contributed by atoms with Crippen LogP contribution in [-0.2, 0) is 19.0 Å². The van der Waals surface area contributed by atoms with E-state index in [9.17, 15) is 0 Å². The fraction of sp³-hybridized carbons (Fsp3) is 0.271. The van der Waals surface area contributed by atoms with Gasteiger partial charge in [-0.15, -0.1) is 0 Å². The Bertz CT molecular complexity index is 3820. The van der Waals surface area contributed by atoms with Crippen molar-refractivity contribution in [1.82, 2.24) is 15.0 Å². The van der Waals surface area contributed by atoms with E-state index >= 15 is 13.2 Å². The van der Waals surface area contributed by atoms with E-state index in [-0.39, 0.29) is 0 Å². The van der Waals surface area contributed by atoms with Gasteiger partial charge in [0.05, 0.1) is 39.7 Å². The van der Waals surface area contributed by atoms with Crippen LogP contribution in [0.1, 0.15) is 117 Å². The lowest BCUT2D eigenvalue weighted by atomic mass is 9.80. The zero-order valence-corrected chi connectivity index (χ0v) is 48.0. The minimum Gasteiger partial charge on any atom is -0.309 e. The highest BCUT2D eigenvalue weighted by Gasteiger charge is 2.39. The number of alkyl halides is 3. The molecule has 0 N–H and O–H groups in total. The first-order valence-electron chi connectivity index (χ1n) is 27.2. The van der Waals surface area contributed by atoms with E-state index in [4.69, 9.17) is 15.0 Å². The maximum absolute atomic E-state index is 15.9. The average Bonchev–Trinajstić information content (AvgIpc) is 3.48. The maximum Gasteiger partial charge on any atom is 0.416 e. The molecule has 0 unspecified atom stereocenters. The van der Waals surface area contributed by atoms with Gasteiger partial charge in [0.15, 0.2) is 17.5 Å². The first-order valence-corrected chi connectivity index (χ1v) is 27.2. The Labute approximate surface area is 458 Å². The number of halogens is 3. The number of rotatable bonds is 6. The molecule has 0 bridgehead atoms. The van der Waals surface area contributed by atoms with Crippen LogP contribution in [0.4, 0.5) is 47.3 Å². The molecule has 8 aromatic carbocycles. The molecule has 394 valence electrons. The van der Waals surface area contributed by atoms with Crippen LogP contribution in [0.25, 0.3) is 45.3 Å². The molecule has 11 rings (SSSR count). The molecule has 1 aromatic heterocycles. The van der Waals surface area contributed by atoms with E-state index in [0.717, 1.165) is 68.2 Å². The molecule has 8 heteroatoms. The van der Waals surface area contributed by atoms with Gasteiger partial charge in [-0.2, -0.15) is 13.2 Å². The lowest BCUT2D eigenvalue weighted by Gasteiger charge is -2.42. The molecule has 0 aliphatic carbocycles. The second-order valence-corrected chi connectivity index (χ2v) is 22.3. The largest absolute Gasteiger partial charge is 0.416 e. The standard InChI is InChI=1S/C70H68F3N5/c1-35-39(5)47(13)63-55(43(35)9)33-56-44(10)36(2)40(6)48(14)64(56)77(63)61-29-27-53(69-75-67(51-23-19-17-20-24-51)74-68(76-69)52-25-21-18-22-26-52)31-59(61)60-32-54(70(71,72)73)28-30-62(60)78-65-49(15)41(7)37(3)45(11)57(65)34-58-46(12)38(4)42(8)50(16)66(58)78/h17-32H,33-34H2,1-16H3. The zero-order chi connectivity index (χ0) is 55.7. The van der Waals surface area contributed by atoms with Gasteiger partial charge in [-0.1, -0.05) is 60.7 Å². The molecule has 78 heavy (non-hydrogen) atoms. The molecule has 0 saturated carbocycles. The van der Waals surface area contributed by atoms with Crippen LogP contribution in [-0.4, -0.2) is 15.0 Å². The molecule has 0 radical (unpaired) electrons. The fourth-order valence-electron chi connectivity index (χ4n) is 12.8. The molecular formula is C70H68F3N5. The molecule has 0 spiro atoms. The van der Waals surface area contributed by atoms with Crippen molar-refractivity contribution in [2.24, 2.45) is 0 Å². The summed E-state index contributed by atoms with van der Waals surface area (Å²) in [5, 5.41) is 0. The smallest absolute Gasteiger partial charge is 0.309 e. The normalized spacial score (nSPS) is 12.9. The molecule has 0 amide bonds. The van der Waals surface area contributed by atoms with Crippen LogP contribution in [0.5, 0.6) is 0 Å². The molecule has 0 saturated heterocycles. The Balaban J connectivity index is 1.33. The minimum absolute atomic E-state index is 0.407. The first-order chi connectivity index (χ1) is 37.0. The zero-order valence-electron chi connectivity index (χ0n) is 48.0. The number of hydrogen-bond donors (Lipinski definition) is 0. The Kier molecular flexibility index (Phi) is 12.7. The van der Waals surface area contributed by atoms with E-state index < -0.39 is 11.7 Å². The lowest BCUT2D eigenvalue weighted by molar-refractivity contribution is -0.137. The number of hydrogen-bond acceptors (Lipinski definition) is 5. The predicted octanol–water partition coefficient (Wildman–Crippen LogP) is 19.2. The molecule has 3 heterocycles. The Morgan fingerprint density at radius 1 is 0.321 bits per heavy atom. The summed E-state index contributed by atoms with van der Waals surface area (Å²) in [6.45, 7) is 35.2. The summed E-state index contributed by atoms with van der Waals surface area (Å²) in [5.41, 5.74) is 32.0. The van der Waals surface area contributed by atoms with Crippen molar-refractivity contribution in [3.05, 3.63) is 214 Å². The topological polar surface area (TPSA) is 45.2 Å². The predicted molar refractivity (Wildman–Crippen MR) is 317 cm³/mol. The van der Waals surface area contributed by atoms with Gasteiger partial charge >= 0.3 is 6.18 Å². The Hall–Kier alpha value is -7.84. The Morgan fingerprint density at radius 2 is 0.615 bits per heavy atom. The number of fused-ring (bicyclic) bond motifs is 4. The van der Waals surface area contributed by atoms with Crippen molar-refractivity contribution in [3.8, 4) is 45.3 Å². The van der Waals surface area contributed by atoms with Crippen LogP contribution in [0.3, 0.4) is 0 Å².